The fourth-order valence-corrected chi connectivity index (χ4v) is 4.83. The van der Waals surface area contributed by atoms with E-state index in [1.54, 1.807) is 12.1 Å². The second-order valence-corrected chi connectivity index (χ2v) is 7.70. The zero-order valence-corrected chi connectivity index (χ0v) is 13.6. The van der Waals surface area contributed by atoms with Crippen LogP contribution in [0.1, 0.15) is 22.8 Å². The van der Waals surface area contributed by atoms with Gasteiger partial charge in [-0.25, -0.2) is 8.42 Å². The lowest BCUT2D eigenvalue weighted by Crippen LogP contribution is -2.26. The molecule has 0 aromatic heterocycles. The summed E-state index contributed by atoms with van der Waals surface area (Å²) in [5.41, 5.74) is 1.52. The maximum Gasteiger partial charge on any atom is 0.387 e. The molecule has 0 bridgehead atoms. The lowest BCUT2D eigenvalue weighted by Gasteiger charge is -2.17. The Morgan fingerprint density at radius 1 is 1.08 bits per heavy atom. The summed E-state index contributed by atoms with van der Waals surface area (Å²) in [6, 6.07) is 15.2. The fourth-order valence-electron chi connectivity index (χ4n) is 2.87. The van der Waals surface area contributed by atoms with Crippen LogP contribution in [0.5, 0.6) is 5.75 Å². The number of rotatable bonds is 5. The molecule has 1 aliphatic heterocycles. The number of hydrogen-bond donors (Lipinski definition) is 0. The predicted octanol–water partition coefficient (Wildman–Crippen LogP) is 3.56. The smallest absolute Gasteiger partial charge is 0.387 e. The standard InChI is InChI=1S/C17H17F2NO3S/c18-17(19)23-15-8-6-13(7-9-15)12-20-11-10-16(24(20,21)22)14-4-2-1-3-5-14/h1-9,16-17H,10-12H2. The van der Waals surface area contributed by atoms with Crippen molar-refractivity contribution in [3.8, 4) is 5.75 Å². The lowest BCUT2D eigenvalue weighted by atomic mass is 10.1. The molecule has 7 heteroatoms. The largest absolute Gasteiger partial charge is 0.435 e. The SMILES string of the molecule is O=S1(=O)C(c2ccccc2)CCN1Cc1ccc(OC(F)F)cc1. The molecule has 24 heavy (non-hydrogen) atoms. The summed E-state index contributed by atoms with van der Waals surface area (Å²) in [4.78, 5) is 0. The number of sulfonamides is 1. The highest BCUT2D eigenvalue weighted by atomic mass is 32.2. The molecule has 2 aromatic carbocycles. The Kier molecular flexibility index (Phi) is 4.82. The number of hydrogen-bond acceptors (Lipinski definition) is 3. The second kappa shape index (κ2) is 6.86. The Morgan fingerprint density at radius 2 is 1.75 bits per heavy atom. The van der Waals surface area contributed by atoms with Crippen molar-refractivity contribution in [3.63, 3.8) is 0 Å². The summed E-state index contributed by atoms with van der Waals surface area (Å²) in [5.74, 6) is 0.0557. The molecular weight excluding hydrogens is 336 g/mol. The normalized spacial score (nSPS) is 20.4. The first kappa shape index (κ1) is 16.9. The highest BCUT2D eigenvalue weighted by Gasteiger charge is 2.39. The van der Waals surface area contributed by atoms with Gasteiger partial charge < -0.3 is 4.74 Å². The summed E-state index contributed by atoms with van der Waals surface area (Å²) in [6.07, 6.45) is 0.541. The molecule has 1 unspecified atom stereocenters. The molecule has 0 N–H and O–H groups in total. The van der Waals surface area contributed by atoms with Crippen LogP contribution in [-0.2, 0) is 16.6 Å². The molecular formula is C17H17F2NO3S. The molecule has 1 fully saturated rings. The Balaban J connectivity index is 1.72. The minimum atomic E-state index is -3.43. The molecule has 1 atom stereocenters. The third-order valence-corrected chi connectivity index (χ3v) is 6.30. The van der Waals surface area contributed by atoms with Gasteiger partial charge in [0.2, 0.25) is 10.0 Å². The van der Waals surface area contributed by atoms with Gasteiger partial charge in [-0.2, -0.15) is 13.1 Å². The van der Waals surface area contributed by atoms with Crippen molar-refractivity contribution >= 4 is 10.0 Å². The van der Waals surface area contributed by atoms with Crippen LogP contribution in [0.3, 0.4) is 0 Å². The van der Waals surface area contributed by atoms with Gasteiger partial charge in [0, 0.05) is 13.1 Å². The number of halogens is 2. The van der Waals surface area contributed by atoms with E-state index in [1.165, 1.54) is 16.4 Å². The van der Waals surface area contributed by atoms with Crippen LogP contribution >= 0.6 is 0 Å². The van der Waals surface area contributed by atoms with Crippen molar-refractivity contribution in [2.45, 2.75) is 24.8 Å². The fraction of sp³-hybridized carbons (Fsp3) is 0.294. The summed E-state index contributed by atoms with van der Waals surface area (Å²) < 4.78 is 55.4. The van der Waals surface area contributed by atoms with E-state index in [2.05, 4.69) is 4.74 Å². The zero-order chi connectivity index (χ0) is 17.2. The molecule has 4 nitrogen and oxygen atoms in total. The molecule has 0 amide bonds. The summed E-state index contributed by atoms with van der Waals surface area (Å²) in [7, 11) is -3.43. The average molecular weight is 353 g/mol. The lowest BCUT2D eigenvalue weighted by molar-refractivity contribution is -0.0498. The van der Waals surface area contributed by atoms with Crippen molar-refractivity contribution in [1.29, 1.82) is 0 Å². The third kappa shape index (κ3) is 3.57. The molecule has 1 heterocycles. The van der Waals surface area contributed by atoms with Crippen molar-refractivity contribution in [1.82, 2.24) is 4.31 Å². The van der Waals surface area contributed by atoms with Crippen molar-refractivity contribution < 1.29 is 21.9 Å². The maximum atomic E-state index is 12.7. The van der Waals surface area contributed by atoms with E-state index >= 15 is 0 Å². The minimum absolute atomic E-state index is 0.0557. The highest BCUT2D eigenvalue weighted by molar-refractivity contribution is 7.89. The molecule has 3 rings (SSSR count). The van der Waals surface area contributed by atoms with Gasteiger partial charge in [-0.05, 0) is 29.7 Å². The Morgan fingerprint density at radius 3 is 2.38 bits per heavy atom. The van der Waals surface area contributed by atoms with Crippen LogP contribution in [0.15, 0.2) is 54.6 Å². The van der Waals surface area contributed by atoms with Crippen LogP contribution < -0.4 is 4.74 Å². The predicted molar refractivity (Wildman–Crippen MR) is 86.2 cm³/mol. The summed E-state index contributed by atoms with van der Waals surface area (Å²) >= 11 is 0. The Hall–Kier alpha value is -1.99. The third-order valence-electron chi connectivity index (χ3n) is 4.04. The molecule has 1 saturated heterocycles. The number of alkyl halides is 2. The number of ether oxygens (including phenoxy) is 1. The van der Waals surface area contributed by atoms with Crippen LogP contribution in [0.4, 0.5) is 8.78 Å². The van der Waals surface area contributed by atoms with Gasteiger partial charge in [-0.1, -0.05) is 42.5 Å². The molecule has 0 spiro atoms. The highest BCUT2D eigenvalue weighted by Crippen LogP contribution is 2.36. The molecule has 0 radical (unpaired) electrons. The van der Waals surface area contributed by atoms with Gasteiger partial charge >= 0.3 is 6.61 Å². The minimum Gasteiger partial charge on any atom is -0.435 e. The monoisotopic (exact) mass is 353 g/mol. The van der Waals surface area contributed by atoms with E-state index in [1.807, 2.05) is 30.3 Å². The molecule has 0 aliphatic carbocycles. The first-order valence-electron chi connectivity index (χ1n) is 7.54. The van der Waals surface area contributed by atoms with Crippen LogP contribution in [-0.4, -0.2) is 25.9 Å². The second-order valence-electron chi connectivity index (χ2n) is 5.59. The Labute approximate surface area is 139 Å². The first-order chi connectivity index (χ1) is 11.5. The molecule has 1 aliphatic rings. The van der Waals surface area contributed by atoms with Gasteiger partial charge in [-0.3, -0.25) is 0 Å². The van der Waals surface area contributed by atoms with Crippen LogP contribution in [0.2, 0.25) is 0 Å². The van der Waals surface area contributed by atoms with Gasteiger partial charge in [0.25, 0.3) is 0 Å². The van der Waals surface area contributed by atoms with Crippen LogP contribution in [0.25, 0.3) is 0 Å². The van der Waals surface area contributed by atoms with Crippen molar-refractivity contribution in [2.24, 2.45) is 0 Å². The van der Waals surface area contributed by atoms with Crippen LogP contribution in [0, 0.1) is 0 Å². The maximum absolute atomic E-state index is 12.7. The molecule has 2 aromatic rings. The van der Waals surface area contributed by atoms with Gasteiger partial charge in [0.15, 0.2) is 0 Å². The van der Waals surface area contributed by atoms with E-state index in [0.29, 0.717) is 13.0 Å². The first-order valence-corrected chi connectivity index (χ1v) is 9.05. The molecule has 128 valence electrons. The van der Waals surface area contributed by atoms with E-state index in [4.69, 9.17) is 0 Å². The van der Waals surface area contributed by atoms with Crippen molar-refractivity contribution in [3.05, 3.63) is 65.7 Å². The van der Waals surface area contributed by atoms with Crippen molar-refractivity contribution in [2.75, 3.05) is 6.54 Å². The van der Waals surface area contributed by atoms with E-state index < -0.39 is 21.9 Å². The number of nitrogens with zero attached hydrogens (tertiary/aromatic N) is 1. The summed E-state index contributed by atoms with van der Waals surface area (Å²) in [6.45, 7) is -2.21. The number of benzene rings is 2. The summed E-state index contributed by atoms with van der Waals surface area (Å²) in [5, 5.41) is -0.528. The van der Waals surface area contributed by atoms with E-state index in [0.717, 1.165) is 11.1 Å². The van der Waals surface area contributed by atoms with E-state index in [-0.39, 0.29) is 12.3 Å². The zero-order valence-electron chi connectivity index (χ0n) is 12.8. The van der Waals surface area contributed by atoms with Gasteiger partial charge in [-0.15, -0.1) is 0 Å². The topological polar surface area (TPSA) is 46.6 Å². The van der Waals surface area contributed by atoms with Gasteiger partial charge in [0.05, 0.1) is 0 Å². The molecule has 0 saturated carbocycles. The quantitative estimate of drug-likeness (QED) is 0.826. The van der Waals surface area contributed by atoms with E-state index in [9.17, 15) is 17.2 Å². The average Bonchev–Trinajstić information content (AvgIpc) is 2.84. The van der Waals surface area contributed by atoms with Gasteiger partial charge in [0.1, 0.15) is 11.0 Å². The Bertz CT molecular complexity index is 779.